The Hall–Kier alpha value is -2.05. The van der Waals surface area contributed by atoms with Gasteiger partial charge in [0.15, 0.2) is 9.84 Å². The van der Waals surface area contributed by atoms with Crippen LogP contribution in [0, 0.1) is 20.8 Å². The minimum absolute atomic E-state index is 0.00228. The minimum atomic E-state index is -3.40. The molecule has 1 amide bonds. The van der Waals surface area contributed by atoms with Crippen LogP contribution in [-0.4, -0.2) is 27.1 Å². The number of hydrogen-bond donors (Lipinski definition) is 2. The Morgan fingerprint density at radius 2 is 1.76 bits per heavy atom. The highest BCUT2D eigenvalue weighted by molar-refractivity contribution is 7.90. The lowest BCUT2D eigenvalue weighted by atomic mass is 10.1. The number of carbonyl (C=O) groups excluding carboxylic acids is 1. The molecule has 0 unspecified atom stereocenters. The van der Waals surface area contributed by atoms with E-state index in [0.29, 0.717) is 16.3 Å². The zero-order valence-electron chi connectivity index (χ0n) is 14.6. The molecule has 2 aromatic carbocycles. The summed E-state index contributed by atoms with van der Waals surface area (Å²) in [7, 11) is -3.40. The molecule has 2 N–H and O–H groups in total. The lowest BCUT2D eigenvalue weighted by Gasteiger charge is -2.14. The lowest BCUT2D eigenvalue weighted by Crippen LogP contribution is -2.22. The molecule has 0 atom stereocenters. The van der Waals surface area contributed by atoms with Crippen LogP contribution in [0.2, 0.25) is 5.02 Å². The van der Waals surface area contributed by atoms with Crippen molar-refractivity contribution < 1.29 is 13.2 Å². The van der Waals surface area contributed by atoms with Gasteiger partial charge in [-0.2, -0.15) is 0 Å². The van der Waals surface area contributed by atoms with Crippen molar-refractivity contribution in [2.75, 3.05) is 23.4 Å². The quantitative estimate of drug-likeness (QED) is 0.828. The maximum atomic E-state index is 12.2. The van der Waals surface area contributed by atoms with Gasteiger partial charge < -0.3 is 10.6 Å². The van der Waals surface area contributed by atoms with Crippen LogP contribution >= 0.6 is 11.6 Å². The van der Waals surface area contributed by atoms with Crippen molar-refractivity contribution in [3.63, 3.8) is 0 Å². The molecule has 25 heavy (non-hydrogen) atoms. The van der Waals surface area contributed by atoms with Crippen LogP contribution in [0.4, 0.5) is 11.4 Å². The number of rotatable bonds is 5. The molecule has 5 nitrogen and oxygen atoms in total. The van der Waals surface area contributed by atoms with Gasteiger partial charge in [-0.1, -0.05) is 29.3 Å². The zero-order chi connectivity index (χ0) is 18.8. The van der Waals surface area contributed by atoms with E-state index in [1.165, 1.54) is 6.07 Å². The van der Waals surface area contributed by atoms with Gasteiger partial charge in [0.25, 0.3) is 0 Å². The van der Waals surface area contributed by atoms with Crippen LogP contribution in [0.3, 0.4) is 0 Å². The molecule has 0 saturated heterocycles. The van der Waals surface area contributed by atoms with Crippen LogP contribution in [0.15, 0.2) is 35.2 Å². The second kappa shape index (κ2) is 7.45. The number of carbonyl (C=O) groups is 1. The summed E-state index contributed by atoms with van der Waals surface area (Å²) in [6, 6.07) is 8.79. The molecule has 0 aliphatic rings. The normalized spacial score (nSPS) is 11.2. The second-order valence-corrected chi connectivity index (χ2v) is 8.49. The van der Waals surface area contributed by atoms with Crippen molar-refractivity contribution in [3.8, 4) is 0 Å². The number of anilines is 2. The first kappa shape index (κ1) is 19.3. The first-order valence-corrected chi connectivity index (χ1v) is 9.96. The number of amides is 1. The highest BCUT2D eigenvalue weighted by Crippen LogP contribution is 2.28. The van der Waals surface area contributed by atoms with Gasteiger partial charge in [0.2, 0.25) is 5.91 Å². The Kier molecular flexibility index (Phi) is 5.75. The van der Waals surface area contributed by atoms with Crippen molar-refractivity contribution in [1.82, 2.24) is 0 Å². The van der Waals surface area contributed by atoms with E-state index in [1.807, 2.05) is 32.0 Å². The van der Waals surface area contributed by atoms with Crippen molar-refractivity contribution in [1.29, 1.82) is 0 Å². The first-order valence-electron chi connectivity index (χ1n) is 7.69. The predicted octanol–water partition coefficient (Wildman–Crippen LogP) is 3.72. The summed E-state index contributed by atoms with van der Waals surface area (Å²) in [5.41, 5.74) is 3.90. The molecule has 0 aliphatic carbocycles. The average Bonchev–Trinajstić information content (AvgIpc) is 2.49. The number of nitrogens with one attached hydrogen (secondary N) is 2. The van der Waals surface area contributed by atoms with Gasteiger partial charge in [0.1, 0.15) is 0 Å². The third-order valence-corrected chi connectivity index (χ3v) is 5.26. The van der Waals surface area contributed by atoms with Gasteiger partial charge in [-0.25, -0.2) is 8.42 Å². The van der Waals surface area contributed by atoms with Crippen molar-refractivity contribution in [2.45, 2.75) is 25.7 Å². The molecule has 0 aromatic heterocycles. The molecule has 0 heterocycles. The molecule has 0 aliphatic heterocycles. The standard InChI is InChI=1S/C18H21ClN2O3S/c1-11-5-6-15(12(2)7-11)21-18(22)10-20-16-8-14(19)9-17(13(16)3)25(4,23)24/h5-9,20H,10H2,1-4H3,(H,21,22). The van der Waals surface area contributed by atoms with Gasteiger partial charge >= 0.3 is 0 Å². The van der Waals surface area contributed by atoms with E-state index in [0.717, 1.165) is 23.1 Å². The molecule has 0 radical (unpaired) electrons. The Morgan fingerprint density at radius 1 is 1.08 bits per heavy atom. The molecule has 134 valence electrons. The summed E-state index contributed by atoms with van der Waals surface area (Å²) in [5.74, 6) is -0.229. The van der Waals surface area contributed by atoms with E-state index >= 15 is 0 Å². The molecule has 0 fully saturated rings. The minimum Gasteiger partial charge on any atom is -0.376 e. The Bertz CT molecular complexity index is 924. The van der Waals surface area contributed by atoms with E-state index in [4.69, 9.17) is 11.6 Å². The van der Waals surface area contributed by atoms with E-state index in [9.17, 15) is 13.2 Å². The lowest BCUT2D eigenvalue weighted by molar-refractivity contribution is -0.114. The summed E-state index contributed by atoms with van der Waals surface area (Å²) in [6.45, 7) is 5.59. The van der Waals surface area contributed by atoms with Crippen LogP contribution in [-0.2, 0) is 14.6 Å². The topological polar surface area (TPSA) is 75.3 Å². The highest BCUT2D eigenvalue weighted by Gasteiger charge is 2.16. The summed E-state index contributed by atoms with van der Waals surface area (Å²) in [5, 5.41) is 6.08. The molecule has 0 saturated carbocycles. The summed E-state index contributed by atoms with van der Waals surface area (Å²) >= 11 is 6.00. The Balaban J connectivity index is 2.13. The van der Waals surface area contributed by atoms with Crippen molar-refractivity contribution >= 4 is 38.7 Å². The van der Waals surface area contributed by atoms with Crippen LogP contribution in [0.5, 0.6) is 0 Å². The molecule has 0 spiro atoms. The van der Waals surface area contributed by atoms with E-state index < -0.39 is 9.84 Å². The number of aryl methyl sites for hydroxylation is 2. The van der Waals surface area contributed by atoms with Crippen LogP contribution in [0.1, 0.15) is 16.7 Å². The Morgan fingerprint density at radius 3 is 2.36 bits per heavy atom. The third-order valence-electron chi connectivity index (χ3n) is 3.82. The number of hydrogen-bond acceptors (Lipinski definition) is 4. The SMILES string of the molecule is Cc1ccc(NC(=O)CNc2cc(Cl)cc(S(C)(=O)=O)c2C)c(C)c1. The van der Waals surface area contributed by atoms with Gasteiger partial charge in [-0.3, -0.25) is 4.79 Å². The van der Waals surface area contributed by atoms with Gasteiger partial charge in [0.05, 0.1) is 11.4 Å². The predicted molar refractivity (Wildman–Crippen MR) is 102 cm³/mol. The summed E-state index contributed by atoms with van der Waals surface area (Å²) < 4.78 is 23.7. The fourth-order valence-corrected chi connectivity index (χ4v) is 3.84. The number of benzene rings is 2. The van der Waals surface area contributed by atoms with Gasteiger partial charge in [-0.05, 0) is 50.1 Å². The summed E-state index contributed by atoms with van der Waals surface area (Å²) in [4.78, 5) is 12.3. The van der Waals surface area contributed by atoms with E-state index in [1.54, 1.807) is 13.0 Å². The fraction of sp³-hybridized carbons (Fsp3) is 0.278. The molecular formula is C18H21ClN2O3S. The van der Waals surface area contributed by atoms with Crippen molar-refractivity contribution in [3.05, 3.63) is 52.0 Å². The largest absolute Gasteiger partial charge is 0.376 e. The fourth-order valence-electron chi connectivity index (χ4n) is 2.55. The molecule has 0 bridgehead atoms. The zero-order valence-corrected chi connectivity index (χ0v) is 16.2. The first-order chi connectivity index (χ1) is 11.6. The van der Waals surface area contributed by atoms with Crippen LogP contribution < -0.4 is 10.6 Å². The molecule has 7 heteroatoms. The third kappa shape index (κ3) is 4.96. The van der Waals surface area contributed by atoms with E-state index in [-0.39, 0.29) is 17.3 Å². The maximum absolute atomic E-state index is 12.2. The summed E-state index contributed by atoms with van der Waals surface area (Å²) in [6.07, 6.45) is 1.13. The number of sulfone groups is 1. The van der Waals surface area contributed by atoms with Gasteiger partial charge in [-0.15, -0.1) is 0 Å². The monoisotopic (exact) mass is 380 g/mol. The smallest absolute Gasteiger partial charge is 0.243 e. The average molecular weight is 381 g/mol. The Labute approximate surface area is 153 Å². The highest BCUT2D eigenvalue weighted by atomic mass is 35.5. The van der Waals surface area contributed by atoms with Crippen molar-refractivity contribution in [2.24, 2.45) is 0 Å². The van der Waals surface area contributed by atoms with Gasteiger partial charge in [0, 0.05) is 22.7 Å². The van der Waals surface area contributed by atoms with Crippen LogP contribution in [0.25, 0.3) is 0 Å². The number of halogens is 1. The molecular weight excluding hydrogens is 360 g/mol. The molecule has 2 aromatic rings. The van der Waals surface area contributed by atoms with E-state index in [2.05, 4.69) is 10.6 Å². The second-order valence-electron chi connectivity index (χ2n) is 6.07. The molecule has 2 rings (SSSR count). The maximum Gasteiger partial charge on any atom is 0.243 e.